The molecule has 2 rings (SSSR count). The lowest BCUT2D eigenvalue weighted by Gasteiger charge is -1.97. The summed E-state index contributed by atoms with van der Waals surface area (Å²) in [6.07, 6.45) is 0. The van der Waals surface area contributed by atoms with Crippen molar-refractivity contribution in [2.24, 2.45) is 11.5 Å². The molecule has 0 saturated carbocycles. The minimum atomic E-state index is -0.995. The number of nitrogens with two attached hydrogens (primary N) is 2. The minimum absolute atomic E-state index is 0.0556. The van der Waals surface area contributed by atoms with E-state index in [4.69, 9.17) is 10.8 Å². The lowest BCUT2D eigenvalue weighted by molar-refractivity contribution is -0.116. The number of benzene rings is 1. The zero-order valence-corrected chi connectivity index (χ0v) is 9.54. The number of aromatic carboxylic acids is 1. The van der Waals surface area contributed by atoms with Gasteiger partial charge in [0.1, 0.15) is 5.69 Å². The number of amides is 1. The molecular formula is C12H13N3O3. The second-order valence-electron chi connectivity index (χ2n) is 3.36. The van der Waals surface area contributed by atoms with Gasteiger partial charge in [0, 0.05) is 5.39 Å². The molecule has 5 N–H and O–H groups in total. The van der Waals surface area contributed by atoms with Crippen molar-refractivity contribution in [2.45, 2.75) is 0 Å². The molecule has 1 amide bonds. The first-order valence-corrected chi connectivity index (χ1v) is 5.12. The van der Waals surface area contributed by atoms with Crippen LogP contribution in [0.1, 0.15) is 10.5 Å². The van der Waals surface area contributed by atoms with Gasteiger partial charge in [-0.3, -0.25) is 4.79 Å². The molecule has 0 aliphatic rings. The number of nitrogens with zero attached hydrogens (tertiary/aromatic N) is 1. The molecule has 0 unspecified atom stereocenters. The van der Waals surface area contributed by atoms with E-state index in [1.165, 1.54) is 6.07 Å². The van der Waals surface area contributed by atoms with Crippen LogP contribution in [0.2, 0.25) is 0 Å². The van der Waals surface area contributed by atoms with Crippen molar-refractivity contribution in [2.75, 3.05) is 6.54 Å². The lowest BCUT2D eigenvalue weighted by atomic mass is 10.2. The monoisotopic (exact) mass is 247 g/mol. The molecule has 0 atom stereocenters. The molecule has 18 heavy (non-hydrogen) atoms. The van der Waals surface area contributed by atoms with Crippen molar-refractivity contribution in [3.8, 4) is 0 Å². The quantitative estimate of drug-likeness (QED) is 0.708. The molecule has 6 heteroatoms. The fraction of sp³-hybridized carbons (Fsp3) is 0.0833. The Labute approximate surface area is 103 Å². The van der Waals surface area contributed by atoms with E-state index >= 15 is 0 Å². The molecule has 1 aromatic heterocycles. The third-order valence-electron chi connectivity index (χ3n) is 2.02. The van der Waals surface area contributed by atoms with E-state index < -0.39 is 11.9 Å². The summed E-state index contributed by atoms with van der Waals surface area (Å²) < 4.78 is 0. The number of carbonyl (C=O) groups excluding carboxylic acids is 1. The Balaban J connectivity index is 0.000000280. The number of hydrogen-bond donors (Lipinski definition) is 3. The Hall–Kier alpha value is -2.47. The van der Waals surface area contributed by atoms with Crippen LogP contribution in [0.5, 0.6) is 0 Å². The number of hydrogen-bond acceptors (Lipinski definition) is 4. The van der Waals surface area contributed by atoms with E-state index in [1.807, 2.05) is 18.2 Å². The van der Waals surface area contributed by atoms with E-state index in [0.29, 0.717) is 5.52 Å². The first kappa shape index (κ1) is 13.6. The number of carboxylic acids is 1. The normalized spacial score (nSPS) is 9.39. The maximum absolute atomic E-state index is 10.6. The average molecular weight is 247 g/mol. The summed E-state index contributed by atoms with van der Waals surface area (Å²) in [5, 5.41) is 9.63. The summed E-state index contributed by atoms with van der Waals surface area (Å²) in [7, 11) is 0. The second-order valence-corrected chi connectivity index (χ2v) is 3.36. The molecule has 1 heterocycles. The van der Waals surface area contributed by atoms with Crippen LogP contribution in [0, 0.1) is 0 Å². The van der Waals surface area contributed by atoms with Gasteiger partial charge in [-0.2, -0.15) is 0 Å². The third kappa shape index (κ3) is 3.84. The van der Waals surface area contributed by atoms with Gasteiger partial charge in [0.25, 0.3) is 0 Å². The number of carbonyl (C=O) groups is 2. The number of aromatic nitrogens is 1. The van der Waals surface area contributed by atoms with Gasteiger partial charge >= 0.3 is 5.97 Å². The second kappa shape index (κ2) is 6.31. The molecule has 0 aliphatic carbocycles. The molecule has 1 aromatic carbocycles. The molecule has 0 aliphatic heterocycles. The molecule has 0 radical (unpaired) electrons. The summed E-state index contributed by atoms with van der Waals surface area (Å²) in [4.78, 5) is 24.0. The van der Waals surface area contributed by atoms with Gasteiger partial charge in [0.2, 0.25) is 5.91 Å². The minimum Gasteiger partial charge on any atom is -0.477 e. The zero-order valence-electron chi connectivity index (χ0n) is 9.54. The van der Waals surface area contributed by atoms with E-state index in [1.54, 1.807) is 12.1 Å². The Morgan fingerprint density at radius 3 is 2.33 bits per heavy atom. The van der Waals surface area contributed by atoms with Crippen LogP contribution in [0.3, 0.4) is 0 Å². The third-order valence-corrected chi connectivity index (χ3v) is 2.02. The zero-order chi connectivity index (χ0) is 13.5. The topological polar surface area (TPSA) is 119 Å². The maximum atomic E-state index is 10.6. The highest BCUT2D eigenvalue weighted by Gasteiger charge is 2.03. The van der Waals surface area contributed by atoms with Crippen LogP contribution >= 0.6 is 0 Å². The van der Waals surface area contributed by atoms with Crippen molar-refractivity contribution in [1.82, 2.24) is 4.98 Å². The molecule has 2 aromatic rings. The molecular weight excluding hydrogens is 234 g/mol. The first-order valence-electron chi connectivity index (χ1n) is 5.12. The molecule has 0 spiro atoms. The Morgan fingerprint density at radius 2 is 1.78 bits per heavy atom. The van der Waals surface area contributed by atoms with Crippen molar-refractivity contribution in [1.29, 1.82) is 0 Å². The molecule has 94 valence electrons. The number of carboxylic acid groups (broad SMARTS) is 1. The summed E-state index contributed by atoms with van der Waals surface area (Å²) in [5.74, 6) is -1.46. The lowest BCUT2D eigenvalue weighted by Crippen LogP contribution is -2.21. The SMILES string of the molecule is NCC(N)=O.O=C(O)c1ccc2ccccc2n1. The fourth-order valence-corrected chi connectivity index (χ4v) is 1.19. The largest absolute Gasteiger partial charge is 0.477 e. The molecule has 0 fully saturated rings. The summed E-state index contributed by atoms with van der Waals surface area (Å²) in [6.45, 7) is -0.0556. The van der Waals surface area contributed by atoms with Crippen LogP contribution < -0.4 is 11.5 Å². The Kier molecular flexibility index (Phi) is 4.77. The van der Waals surface area contributed by atoms with Crippen molar-refractivity contribution < 1.29 is 14.7 Å². The van der Waals surface area contributed by atoms with E-state index in [0.717, 1.165) is 5.39 Å². The molecule has 0 bridgehead atoms. The van der Waals surface area contributed by atoms with Crippen molar-refractivity contribution >= 4 is 22.8 Å². The highest BCUT2D eigenvalue weighted by atomic mass is 16.4. The van der Waals surface area contributed by atoms with Crippen LogP contribution in [0.4, 0.5) is 0 Å². The predicted molar refractivity (Wildman–Crippen MR) is 67.0 cm³/mol. The van der Waals surface area contributed by atoms with Gasteiger partial charge in [-0.25, -0.2) is 9.78 Å². The Bertz CT molecular complexity index is 569. The number of pyridine rings is 1. The smallest absolute Gasteiger partial charge is 0.354 e. The summed E-state index contributed by atoms with van der Waals surface area (Å²) >= 11 is 0. The summed E-state index contributed by atoms with van der Waals surface area (Å²) in [5.41, 5.74) is 10.0. The standard InChI is InChI=1S/C10H7NO2.C2H6N2O/c12-10(13)9-6-5-7-3-1-2-4-8(7)11-9;3-1-2(4)5/h1-6H,(H,12,13);1,3H2,(H2,4,5). The molecule has 0 saturated heterocycles. The Morgan fingerprint density at radius 1 is 1.17 bits per heavy atom. The van der Waals surface area contributed by atoms with Gasteiger partial charge in [-0.1, -0.05) is 24.3 Å². The average Bonchev–Trinajstić information content (AvgIpc) is 2.38. The van der Waals surface area contributed by atoms with Gasteiger partial charge in [0.05, 0.1) is 12.1 Å². The van der Waals surface area contributed by atoms with Crippen LogP contribution in [-0.2, 0) is 4.79 Å². The highest BCUT2D eigenvalue weighted by Crippen LogP contribution is 2.11. The first-order chi connectivity index (χ1) is 8.54. The maximum Gasteiger partial charge on any atom is 0.354 e. The number of rotatable bonds is 2. The van der Waals surface area contributed by atoms with Crippen LogP contribution in [0.25, 0.3) is 10.9 Å². The van der Waals surface area contributed by atoms with Crippen molar-refractivity contribution in [3.63, 3.8) is 0 Å². The highest BCUT2D eigenvalue weighted by molar-refractivity contribution is 5.89. The fourth-order valence-electron chi connectivity index (χ4n) is 1.19. The summed E-state index contributed by atoms with van der Waals surface area (Å²) in [6, 6.07) is 10.7. The van der Waals surface area contributed by atoms with Crippen LogP contribution in [0.15, 0.2) is 36.4 Å². The van der Waals surface area contributed by atoms with Gasteiger partial charge < -0.3 is 16.6 Å². The van der Waals surface area contributed by atoms with Gasteiger partial charge in [-0.05, 0) is 12.1 Å². The number of primary amides is 1. The van der Waals surface area contributed by atoms with Gasteiger partial charge in [0.15, 0.2) is 0 Å². The number of para-hydroxylation sites is 1. The van der Waals surface area contributed by atoms with Crippen molar-refractivity contribution in [3.05, 3.63) is 42.1 Å². The molecule has 6 nitrogen and oxygen atoms in total. The van der Waals surface area contributed by atoms with E-state index in [2.05, 4.69) is 10.7 Å². The number of fused-ring (bicyclic) bond motifs is 1. The van der Waals surface area contributed by atoms with Crippen LogP contribution in [-0.4, -0.2) is 28.5 Å². The van der Waals surface area contributed by atoms with E-state index in [-0.39, 0.29) is 12.2 Å². The predicted octanol–water partition coefficient (Wildman–Crippen LogP) is 0.363. The van der Waals surface area contributed by atoms with E-state index in [9.17, 15) is 9.59 Å². The van der Waals surface area contributed by atoms with Gasteiger partial charge in [-0.15, -0.1) is 0 Å².